The average molecular weight is 314 g/mol. The van der Waals surface area contributed by atoms with Crippen LogP contribution in [-0.4, -0.2) is 11.3 Å². The Morgan fingerprint density at radius 3 is 2.24 bits per heavy atom. The van der Waals surface area contributed by atoms with E-state index in [-0.39, 0.29) is 28.6 Å². The van der Waals surface area contributed by atoms with Gasteiger partial charge in [-0.05, 0) is 41.6 Å². The number of rotatable bonds is 4. The molecule has 0 N–H and O–H groups in total. The second-order valence-electron chi connectivity index (χ2n) is 4.23. The van der Waals surface area contributed by atoms with Gasteiger partial charge in [0.05, 0.1) is 0 Å². The highest BCUT2D eigenvalue weighted by atomic mass is 32.2. The van der Waals surface area contributed by atoms with E-state index in [9.17, 15) is 22.4 Å². The standard InChI is InChI=1S/C15H10F4OS/c16-12-7-5-10(6-8-12)14(20)13-4-2-1-3-11(13)9-21-15(17,18)19/h1-8H,9H2. The van der Waals surface area contributed by atoms with Crippen molar-refractivity contribution in [3.05, 3.63) is 71.0 Å². The molecule has 0 aliphatic heterocycles. The summed E-state index contributed by atoms with van der Waals surface area (Å²) in [4.78, 5) is 12.3. The van der Waals surface area contributed by atoms with Gasteiger partial charge in [-0.15, -0.1) is 0 Å². The maximum atomic E-state index is 12.8. The molecule has 0 fully saturated rings. The highest BCUT2D eigenvalue weighted by Crippen LogP contribution is 2.34. The van der Waals surface area contributed by atoms with Gasteiger partial charge in [-0.1, -0.05) is 24.3 Å². The predicted octanol–water partition coefficient (Wildman–Crippen LogP) is 4.81. The van der Waals surface area contributed by atoms with E-state index in [0.717, 1.165) is 12.1 Å². The van der Waals surface area contributed by atoms with Gasteiger partial charge in [-0.3, -0.25) is 4.79 Å². The summed E-state index contributed by atoms with van der Waals surface area (Å²) in [5.41, 5.74) is -3.62. The first-order valence-corrected chi connectivity index (χ1v) is 6.94. The SMILES string of the molecule is O=C(c1ccc(F)cc1)c1ccccc1CSC(F)(F)F. The van der Waals surface area contributed by atoms with E-state index in [1.165, 1.54) is 24.3 Å². The lowest BCUT2D eigenvalue weighted by molar-refractivity contribution is -0.0329. The molecule has 0 heterocycles. The molecular formula is C15H10F4OS. The second kappa shape index (κ2) is 6.30. The Labute approximate surface area is 123 Å². The van der Waals surface area contributed by atoms with Gasteiger partial charge in [0, 0.05) is 16.9 Å². The lowest BCUT2D eigenvalue weighted by Gasteiger charge is -2.10. The van der Waals surface area contributed by atoms with E-state index in [0.29, 0.717) is 5.56 Å². The Balaban J connectivity index is 2.27. The Hall–Kier alpha value is -1.82. The van der Waals surface area contributed by atoms with Crippen molar-refractivity contribution < 1.29 is 22.4 Å². The van der Waals surface area contributed by atoms with E-state index in [2.05, 4.69) is 0 Å². The normalized spacial score (nSPS) is 11.4. The summed E-state index contributed by atoms with van der Waals surface area (Å²) in [6.45, 7) is 0. The van der Waals surface area contributed by atoms with Crippen molar-refractivity contribution in [2.45, 2.75) is 11.3 Å². The number of halogens is 4. The van der Waals surface area contributed by atoms with Crippen LogP contribution >= 0.6 is 11.8 Å². The first-order chi connectivity index (χ1) is 9.87. The molecule has 2 aromatic rings. The fourth-order valence-corrected chi connectivity index (χ4v) is 2.35. The lowest BCUT2D eigenvalue weighted by Crippen LogP contribution is -2.07. The highest BCUT2D eigenvalue weighted by molar-refractivity contribution is 7.99. The van der Waals surface area contributed by atoms with Crippen LogP contribution in [0.2, 0.25) is 0 Å². The molecule has 21 heavy (non-hydrogen) atoms. The summed E-state index contributed by atoms with van der Waals surface area (Å²) >= 11 is -0.196. The fourth-order valence-electron chi connectivity index (χ4n) is 1.78. The first-order valence-electron chi connectivity index (χ1n) is 5.96. The molecule has 0 radical (unpaired) electrons. The summed E-state index contributed by atoms with van der Waals surface area (Å²) in [6.07, 6.45) is 0. The zero-order valence-corrected chi connectivity index (χ0v) is 11.5. The molecule has 0 saturated heterocycles. The van der Waals surface area contributed by atoms with Crippen molar-refractivity contribution in [2.24, 2.45) is 0 Å². The van der Waals surface area contributed by atoms with Crippen molar-refractivity contribution >= 4 is 17.5 Å². The van der Waals surface area contributed by atoms with Crippen LogP contribution in [0.25, 0.3) is 0 Å². The van der Waals surface area contributed by atoms with Crippen LogP contribution in [0.3, 0.4) is 0 Å². The molecule has 0 aromatic heterocycles. The molecule has 0 aliphatic rings. The van der Waals surface area contributed by atoms with E-state index in [1.54, 1.807) is 12.1 Å². The third-order valence-electron chi connectivity index (χ3n) is 2.76. The van der Waals surface area contributed by atoms with Gasteiger partial charge < -0.3 is 0 Å². The molecule has 1 nitrogen and oxygen atoms in total. The Morgan fingerprint density at radius 2 is 1.62 bits per heavy atom. The van der Waals surface area contributed by atoms with Gasteiger partial charge >= 0.3 is 5.51 Å². The van der Waals surface area contributed by atoms with E-state index in [4.69, 9.17) is 0 Å². The van der Waals surface area contributed by atoms with Crippen molar-refractivity contribution in [1.82, 2.24) is 0 Å². The minimum atomic E-state index is -4.36. The van der Waals surface area contributed by atoms with Crippen LogP contribution in [0.5, 0.6) is 0 Å². The molecule has 6 heteroatoms. The minimum Gasteiger partial charge on any atom is -0.289 e. The zero-order chi connectivity index (χ0) is 15.5. The summed E-state index contributed by atoms with van der Waals surface area (Å²) in [5.74, 6) is -1.24. The Morgan fingerprint density at radius 1 is 1.00 bits per heavy atom. The number of hydrogen-bond acceptors (Lipinski definition) is 2. The first kappa shape index (κ1) is 15.6. The maximum absolute atomic E-state index is 12.8. The molecule has 2 rings (SSSR count). The summed E-state index contributed by atoms with van der Waals surface area (Å²) < 4.78 is 49.7. The highest BCUT2D eigenvalue weighted by Gasteiger charge is 2.28. The van der Waals surface area contributed by atoms with Gasteiger partial charge in [-0.2, -0.15) is 13.2 Å². The molecule has 0 bridgehead atoms. The zero-order valence-electron chi connectivity index (χ0n) is 10.7. The largest absolute Gasteiger partial charge is 0.442 e. The second-order valence-corrected chi connectivity index (χ2v) is 5.27. The predicted molar refractivity (Wildman–Crippen MR) is 73.6 cm³/mol. The monoisotopic (exact) mass is 314 g/mol. The quantitative estimate of drug-likeness (QED) is 0.595. The number of hydrogen-bond donors (Lipinski definition) is 0. The minimum absolute atomic E-state index is 0.195. The fraction of sp³-hybridized carbons (Fsp3) is 0.133. The average Bonchev–Trinajstić information content (AvgIpc) is 2.45. The van der Waals surface area contributed by atoms with Crippen LogP contribution in [-0.2, 0) is 5.75 Å². The number of carbonyl (C=O) groups excluding carboxylic acids is 1. The van der Waals surface area contributed by atoms with E-state index < -0.39 is 17.1 Å². The lowest BCUT2D eigenvalue weighted by atomic mass is 9.99. The maximum Gasteiger partial charge on any atom is 0.442 e. The third-order valence-corrected chi connectivity index (χ3v) is 3.54. The number of thioether (sulfide) groups is 1. The summed E-state index contributed by atoms with van der Waals surface area (Å²) in [7, 11) is 0. The molecule has 0 aliphatic carbocycles. The number of alkyl halides is 3. The van der Waals surface area contributed by atoms with Crippen LogP contribution in [0, 0.1) is 5.82 Å². The molecule has 110 valence electrons. The Bertz CT molecular complexity index is 635. The molecule has 0 spiro atoms. The Kier molecular flexibility index (Phi) is 4.67. The molecule has 0 atom stereocenters. The summed E-state index contributed by atoms with van der Waals surface area (Å²) in [6, 6.07) is 11.0. The number of ketones is 1. The number of carbonyl (C=O) groups is 1. The molecular weight excluding hydrogens is 304 g/mol. The van der Waals surface area contributed by atoms with Gasteiger partial charge in [-0.25, -0.2) is 4.39 Å². The molecule has 2 aromatic carbocycles. The van der Waals surface area contributed by atoms with Gasteiger partial charge in [0.1, 0.15) is 5.82 Å². The van der Waals surface area contributed by atoms with E-state index >= 15 is 0 Å². The van der Waals surface area contributed by atoms with Crippen LogP contribution in [0.4, 0.5) is 17.6 Å². The molecule has 0 unspecified atom stereocenters. The van der Waals surface area contributed by atoms with Gasteiger partial charge in [0.25, 0.3) is 0 Å². The smallest absolute Gasteiger partial charge is 0.289 e. The van der Waals surface area contributed by atoms with Crippen molar-refractivity contribution in [2.75, 3.05) is 0 Å². The summed E-state index contributed by atoms with van der Waals surface area (Å²) in [5, 5.41) is 0. The topological polar surface area (TPSA) is 17.1 Å². The van der Waals surface area contributed by atoms with Crippen molar-refractivity contribution in [1.29, 1.82) is 0 Å². The molecule has 0 saturated carbocycles. The van der Waals surface area contributed by atoms with Crippen LogP contribution < -0.4 is 0 Å². The van der Waals surface area contributed by atoms with Gasteiger partial charge in [0.15, 0.2) is 5.78 Å². The molecule has 0 amide bonds. The van der Waals surface area contributed by atoms with E-state index in [1.807, 2.05) is 0 Å². The van der Waals surface area contributed by atoms with Crippen LogP contribution in [0.15, 0.2) is 48.5 Å². The third kappa shape index (κ3) is 4.32. The van der Waals surface area contributed by atoms with Crippen molar-refractivity contribution in [3.63, 3.8) is 0 Å². The van der Waals surface area contributed by atoms with Gasteiger partial charge in [0.2, 0.25) is 0 Å². The number of benzene rings is 2. The van der Waals surface area contributed by atoms with Crippen molar-refractivity contribution in [3.8, 4) is 0 Å². The van der Waals surface area contributed by atoms with Crippen LogP contribution in [0.1, 0.15) is 21.5 Å².